The minimum absolute atomic E-state index is 0.0579. The fraction of sp³-hybridized carbons (Fsp3) is 0.300. The zero-order chi connectivity index (χ0) is 11.6. The Bertz CT molecular complexity index is 397. The first kappa shape index (κ1) is 12.3. The Morgan fingerprint density at radius 1 is 1.60 bits per heavy atom. The Hall–Kier alpha value is -0.740. The molecule has 1 aromatic rings. The number of aryl methyl sites for hydroxylation is 1. The first-order valence-corrected chi connectivity index (χ1v) is 5.31. The van der Waals surface area contributed by atoms with Gasteiger partial charge in [0.2, 0.25) is 5.91 Å². The molecule has 0 saturated carbocycles. The molecule has 0 aliphatic carbocycles. The molecule has 82 valence electrons. The molecule has 1 amide bonds. The molecule has 0 bridgehead atoms. The Balaban J connectivity index is 3.14. The standard InChI is InChI=1S/C10H11ClFNOS/c1-6-3-7(11)9(4-8(6)12)13(2)10(14)5-15/h3-4,15H,5H2,1-2H3. The Morgan fingerprint density at radius 3 is 2.73 bits per heavy atom. The molecule has 0 spiro atoms. The molecule has 0 unspecified atom stereocenters. The summed E-state index contributed by atoms with van der Waals surface area (Å²) in [5.41, 5.74) is 0.814. The predicted octanol–water partition coefficient (Wildman–Crippen LogP) is 2.68. The molecule has 15 heavy (non-hydrogen) atoms. The van der Waals surface area contributed by atoms with Gasteiger partial charge in [0.15, 0.2) is 0 Å². The highest BCUT2D eigenvalue weighted by molar-refractivity contribution is 7.81. The Kier molecular flexibility index (Phi) is 3.99. The zero-order valence-corrected chi connectivity index (χ0v) is 10.1. The van der Waals surface area contributed by atoms with Gasteiger partial charge in [-0.1, -0.05) is 11.6 Å². The van der Waals surface area contributed by atoms with Gasteiger partial charge in [-0.3, -0.25) is 4.79 Å². The van der Waals surface area contributed by atoms with Crippen LogP contribution in [-0.2, 0) is 4.79 Å². The molecule has 0 atom stereocenters. The van der Waals surface area contributed by atoms with E-state index in [1.807, 2.05) is 0 Å². The number of carbonyl (C=O) groups excluding carboxylic acids is 1. The summed E-state index contributed by atoms with van der Waals surface area (Å²) in [6.07, 6.45) is 0. The van der Waals surface area contributed by atoms with Crippen molar-refractivity contribution in [3.05, 3.63) is 28.5 Å². The molecule has 0 radical (unpaired) electrons. The van der Waals surface area contributed by atoms with Crippen molar-refractivity contribution in [1.29, 1.82) is 0 Å². The average Bonchev–Trinajstić information content (AvgIpc) is 2.21. The number of amides is 1. The van der Waals surface area contributed by atoms with Crippen LogP contribution in [0.4, 0.5) is 10.1 Å². The number of anilines is 1. The van der Waals surface area contributed by atoms with E-state index in [0.717, 1.165) is 0 Å². The van der Waals surface area contributed by atoms with Crippen LogP contribution in [0.5, 0.6) is 0 Å². The van der Waals surface area contributed by atoms with Crippen LogP contribution in [0.15, 0.2) is 12.1 Å². The highest BCUT2D eigenvalue weighted by atomic mass is 35.5. The number of halogens is 2. The maximum absolute atomic E-state index is 13.3. The van der Waals surface area contributed by atoms with E-state index >= 15 is 0 Å². The quantitative estimate of drug-likeness (QED) is 0.797. The molecule has 0 saturated heterocycles. The molecule has 0 fully saturated rings. The van der Waals surface area contributed by atoms with E-state index in [4.69, 9.17) is 11.6 Å². The van der Waals surface area contributed by atoms with E-state index in [2.05, 4.69) is 12.6 Å². The van der Waals surface area contributed by atoms with E-state index in [1.165, 1.54) is 24.1 Å². The average molecular weight is 248 g/mol. The second-order valence-electron chi connectivity index (χ2n) is 3.16. The Labute approximate surface area is 98.4 Å². The summed E-state index contributed by atoms with van der Waals surface area (Å²) in [5, 5.41) is 0.353. The fourth-order valence-corrected chi connectivity index (χ4v) is 1.69. The van der Waals surface area contributed by atoms with Gasteiger partial charge < -0.3 is 4.90 Å². The lowest BCUT2D eigenvalue weighted by atomic mass is 10.2. The van der Waals surface area contributed by atoms with Crippen LogP contribution in [0.25, 0.3) is 0 Å². The maximum Gasteiger partial charge on any atom is 0.236 e. The summed E-state index contributed by atoms with van der Waals surface area (Å²) in [5.74, 6) is -0.556. The third kappa shape index (κ3) is 2.63. The molecule has 0 N–H and O–H groups in total. The molecule has 0 aromatic heterocycles. The monoisotopic (exact) mass is 247 g/mol. The summed E-state index contributed by atoms with van der Waals surface area (Å²) >= 11 is 9.77. The van der Waals surface area contributed by atoms with Crippen molar-refractivity contribution in [3.8, 4) is 0 Å². The van der Waals surface area contributed by atoms with Crippen molar-refractivity contribution >= 4 is 35.8 Å². The van der Waals surface area contributed by atoms with Crippen molar-refractivity contribution in [1.82, 2.24) is 0 Å². The van der Waals surface area contributed by atoms with E-state index in [1.54, 1.807) is 6.92 Å². The SMILES string of the molecule is Cc1cc(Cl)c(N(C)C(=O)CS)cc1F. The van der Waals surface area contributed by atoms with Gasteiger partial charge in [0, 0.05) is 7.05 Å². The van der Waals surface area contributed by atoms with Crippen LogP contribution < -0.4 is 4.90 Å². The number of hydrogen-bond acceptors (Lipinski definition) is 2. The van der Waals surface area contributed by atoms with E-state index in [0.29, 0.717) is 16.3 Å². The third-order valence-electron chi connectivity index (χ3n) is 2.10. The molecular formula is C10H11ClFNOS. The molecule has 1 rings (SSSR count). The van der Waals surface area contributed by atoms with Crippen molar-refractivity contribution in [2.75, 3.05) is 17.7 Å². The van der Waals surface area contributed by atoms with E-state index < -0.39 is 0 Å². The van der Waals surface area contributed by atoms with Gasteiger partial charge in [0.25, 0.3) is 0 Å². The first-order chi connectivity index (χ1) is 6.97. The minimum atomic E-state index is -0.381. The number of carbonyl (C=O) groups is 1. The smallest absolute Gasteiger partial charge is 0.236 e. The molecule has 0 aliphatic rings. The van der Waals surface area contributed by atoms with Gasteiger partial charge in [-0.2, -0.15) is 12.6 Å². The van der Waals surface area contributed by atoms with Crippen LogP contribution in [0.2, 0.25) is 5.02 Å². The van der Waals surface area contributed by atoms with E-state index in [-0.39, 0.29) is 17.5 Å². The topological polar surface area (TPSA) is 20.3 Å². The van der Waals surface area contributed by atoms with Crippen LogP contribution in [0.3, 0.4) is 0 Å². The summed E-state index contributed by atoms with van der Waals surface area (Å²) < 4.78 is 13.3. The van der Waals surface area contributed by atoms with Crippen molar-refractivity contribution in [2.45, 2.75) is 6.92 Å². The molecule has 2 nitrogen and oxygen atoms in total. The summed E-state index contributed by atoms with van der Waals surface area (Å²) in [6.45, 7) is 1.62. The number of benzene rings is 1. The lowest BCUT2D eigenvalue weighted by molar-refractivity contribution is -0.115. The molecular weight excluding hydrogens is 237 g/mol. The van der Waals surface area contributed by atoms with Crippen LogP contribution >= 0.6 is 24.2 Å². The molecule has 0 heterocycles. The summed E-state index contributed by atoms with van der Waals surface area (Å²) in [7, 11) is 1.54. The largest absolute Gasteiger partial charge is 0.313 e. The zero-order valence-electron chi connectivity index (χ0n) is 8.42. The number of nitrogens with zero attached hydrogens (tertiary/aromatic N) is 1. The first-order valence-electron chi connectivity index (χ1n) is 4.30. The lowest BCUT2D eigenvalue weighted by Gasteiger charge is -2.18. The van der Waals surface area contributed by atoms with Crippen LogP contribution in [-0.4, -0.2) is 18.7 Å². The van der Waals surface area contributed by atoms with Crippen molar-refractivity contribution < 1.29 is 9.18 Å². The Morgan fingerprint density at radius 2 is 2.20 bits per heavy atom. The highest BCUT2D eigenvalue weighted by Crippen LogP contribution is 2.28. The summed E-state index contributed by atoms with van der Waals surface area (Å²) in [4.78, 5) is 12.6. The highest BCUT2D eigenvalue weighted by Gasteiger charge is 2.14. The van der Waals surface area contributed by atoms with Gasteiger partial charge in [0.1, 0.15) is 5.82 Å². The molecule has 1 aromatic carbocycles. The van der Waals surface area contributed by atoms with E-state index in [9.17, 15) is 9.18 Å². The number of hydrogen-bond donors (Lipinski definition) is 1. The maximum atomic E-state index is 13.3. The number of rotatable bonds is 2. The second-order valence-corrected chi connectivity index (χ2v) is 3.89. The normalized spacial score (nSPS) is 10.2. The van der Waals surface area contributed by atoms with Gasteiger partial charge in [-0.25, -0.2) is 4.39 Å². The molecule has 0 aliphatic heterocycles. The fourth-order valence-electron chi connectivity index (χ4n) is 1.13. The molecule has 5 heteroatoms. The summed E-state index contributed by atoms with van der Waals surface area (Å²) in [6, 6.07) is 2.74. The van der Waals surface area contributed by atoms with Crippen LogP contribution in [0, 0.1) is 12.7 Å². The van der Waals surface area contributed by atoms with Gasteiger partial charge in [-0.05, 0) is 24.6 Å². The van der Waals surface area contributed by atoms with Crippen molar-refractivity contribution in [2.24, 2.45) is 0 Å². The van der Waals surface area contributed by atoms with Crippen LogP contribution in [0.1, 0.15) is 5.56 Å². The second kappa shape index (κ2) is 4.86. The predicted molar refractivity (Wildman–Crippen MR) is 63.4 cm³/mol. The van der Waals surface area contributed by atoms with Crippen molar-refractivity contribution in [3.63, 3.8) is 0 Å². The number of thiol groups is 1. The van der Waals surface area contributed by atoms with Gasteiger partial charge in [0.05, 0.1) is 16.5 Å². The third-order valence-corrected chi connectivity index (χ3v) is 2.67. The lowest BCUT2D eigenvalue weighted by Crippen LogP contribution is -2.27. The minimum Gasteiger partial charge on any atom is -0.313 e. The van der Waals surface area contributed by atoms with Gasteiger partial charge in [-0.15, -0.1) is 0 Å². The van der Waals surface area contributed by atoms with Gasteiger partial charge >= 0.3 is 0 Å².